The Morgan fingerprint density at radius 2 is 1.62 bits per heavy atom. The number of nitrogens with two attached hydrogens (primary N) is 1. The topological polar surface area (TPSA) is 47.3 Å². The van der Waals surface area contributed by atoms with E-state index < -0.39 is 0 Å². The summed E-state index contributed by atoms with van der Waals surface area (Å²) in [6.07, 6.45) is 11.1. The molecule has 2 fully saturated rings. The average molecular weight is 226 g/mol. The molecular formula is C13H26N2O. The summed E-state index contributed by atoms with van der Waals surface area (Å²) < 4.78 is 5.76. The van der Waals surface area contributed by atoms with E-state index in [2.05, 4.69) is 5.43 Å². The Kier molecular flexibility index (Phi) is 4.62. The number of methoxy groups -OCH3 is 1. The van der Waals surface area contributed by atoms with Crippen molar-refractivity contribution in [2.45, 2.75) is 63.5 Å². The highest BCUT2D eigenvalue weighted by atomic mass is 16.5. The zero-order valence-electron chi connectivity index (χ0n) is 10.5. The third-order valence-corrected chi connectivity index (χ3v) is 4.59. The molecule has 2 saturated carbocycles. The molecule has 3 nitrogen and oxygen atoms in total. The van der Waals surface area contributed by atoms with Crippen LogP contribution in [0.2, 0.25) is 0 Å². The van der Waals surface area contributed by atoms with E-state index >= 15 is 0 Å². The van der Waals surface area contributed by atoms with Gasteiger partial charge in [-0.15, -0.1) is 0 Å². The lowest BCUT2D eigenvalue weighted by molar-refractivity contribution is -0.0195. The Morgan fingerprint density at radius 3 is 2.06 bits per heavy atom. The molecular weight excluding hydrogens is 200 g/mol. The van der Waals surface area contributed by atoms with Crippen LogP contribution in [0.25, 0.3) is 0 Å². The van der Waals surface area contributed by atoms with E-state index in [1.54, 1.807) is 0 Å². The Morgan fingerprint density at radius 1 is 1.00 bits per heavy atom. The van der Waals surface area contributed by atoms with Crippen LogP contribution in [0.1, 0.15) is 51.4 Å². The van der Waals surface area contributed by atoms with Gasteiger partial charge in [0.05, 0.1) is 12.1 Å². The first-order valence-electron chi connectivity index (χ1n) is 6.85. The fourth-order valence-electron chi connectivity index (χ4n) is 3.39. The van der Waals surface area contributed by atoms with Crippen molar-refractivity contribution in [2.24, 2.45) is 17.7 Å². The van der Waals surface area contributed by atoms with Crippen molar-refractivity contribution in [3.63, 3.8) is 0 Å². The van der Waals surface area contributed by atoms with Gasteiger partial charge in [-0.25, -0.2) is 0 Å². The molecule has 3 heteroatoms. The van der Waals surface area contributed by atoms with Crippen LogP contribution in [0.4, 0.5) is 0 Å². The number of rotatable bonds is 5. The molecule has 0 aromatic heterocycles. The molecule has 2 rings (SSSR count). The summed E-state index contributed by atoms with van der Waals surface area (Å²) in [6, 6.07) is 0.377. The second-order valence-electron chi connectivity index (χ2n) is 5.48. The highest BCUT2D eigenvalue weighted by Gasteiger charge is 2.37. The molecule has 2 unspecified atom stereocenters. The lowest BCUT2D eigenvalue weighted by atomic mass is 9.73. The number of nitrogens with one attached hydrogen (secondary N) is 1. The second kappa shape index (κ2) is 5.99. The van der Waals surface area contributed by atoms with Crippen molar-refractivity contribution in [3.8, 4) is 0 Å². The lowest BCUT2D eigenvalue weighted by Crippen LogP contribution is -2.54. The Balaban J connectivity index is 1.94. The summed E-state index contributed by atoms with van der Waals surface area (Å²) in [6.45, 7) is 0. The van der Waals surface area contributed by atoms with Crippen LogP contribution < -0.4 is 11.3 Å². The van der Waals surface area contributed by atoms with Crippen molar-refractivity contribution in [1.82, 2.24) is 5.43 Å². The van der Waals surface area contributed by atoms with E-state index in [9.17, 15) is 0 Å². The average Bonchev–Trinajstić information content (AvgIpc) is 2.27. The van der Waals surface area contributed by atoms with E-state index in [4.69, 9.17) is 10.6 Å². The maximum absolute atomic E-state index is 5.76. The summed E-state index contributed by atoms with van der Waals surface area (Å²) >= 11 is 0. The van der Waals surface area contributed by atoms with Crippen LogP contribution >= 0.6 is 0 Å². The molecule has 2 atom stereocenters. The minimum Gasteiger partial charge on any atom is -0.379 e. The first kappa shape index (κ1) is 12.3. The van der Waals surface area contributed by atoms with Crippen LogP contribution in [0, 0.1) is 11.8 Å². The molecule has 0 aromatic carbocycles. The highest BCUT2D eigenvalue weighted by Crippen LogP contribution is 2.36. The molecule has 3 N–H and O–H groups in total. The maximum atomic E-state index is 5.76. The molecule has 0 spiro atoms. The lowest BCUT2D eigenvalue weighted by Gasteiger charge is -2.41. The van der Waals surface area contributed by atoms with Crippen molar-refractivity contribution in [1.29, 1.82) is 0 Å². The summed E-state index contributed by atoms with van der Waals surface area (Å²) in [5.74, 6) is 7.21. The minimum atomic E-state index is 0.329. The number of hydrazine groups is 1. The Labute approximate surface area is 99.1 Å². The maximum Gasteiger partial charge on any atom is 0.0768 e. The van der Waals surface area contributed by atoms with Gasteiger partial charge in [0.1, 0.15) is 0 Å². The summed E-state index contributed by atoms with van der Waals surface area (Å²) in [5, 5.41) is 0. The van der Waals surface area contributed by atoms with Crippen LogP contribution in [0.3, 0.4) is 0 Å². The van der Waals surface area contributed by atoms with Gasteiger partial charge in [-0.3, -0.25) is 11.3 Å². The van der Waals surface area contributed by atoms with Gasteiger partial charge < -0.3 is 4.74 Å². The quantitative estimate of drug-likeness (QED) is 0.558. The largest absolute Gasteiger partial charge is 0.379 e. The summed E-state index contributed by atoms with van der Waals surface area (Å²) in [4.78, 5) is 0. The van der Waals surface area contributed by atoms with Crippen molar-refractivity contribution >= 4 is 0 Å². The molecule has 16 heavy (non-hydrogen) atoms. The van der Waals surface area contributed by atoms with Gasteiger partial charge in [0.25, 0.3) is 0 Å². The van der Waals surface area contributed by atoms with Crippen molar-refractivity contribution in [3.05, 3.63) is 0 Å². The fourth-order valence-corrected chi connectivity index (χ4v) is 3.39. The summed E-state index contributed by atoms with van der Waals surface area (Å²) in [5.41, 5.74) is 3.03. The molecule has 0 saturated heterocycles. The second-order valence-corrected chi connectivity index (χ2v) is 5.48. The summed E-state index contributed by atoms with van der Waals surface area (Å²) in [7, 11) is 1.85. The van der Waals surface area contributed by atoms with E-state index in [-0.39, 0.29) is 0 Å². The molecule has 0 aliphatic heterocycles. The normalized spacial score (nSPS) is 27.4. The minimum absolute atomic E-state index is 0.329. The van der Waals surface area contributed by atoms with Crippen LogP contribution in [-0.2, 0) is 4.74 Å². The van der Waals surface area contributed by atoms with Gasteiger partial charge in [-0.2, -0.15) is 0 Å². The molecule has 0 amide bonds. The molecule has 2 aliphatic rings. The smallest absolute Gasteiger partial charge is 0.0768 e. The van der Waals surface area contributed by atoms with Gasteiger partial charge in [0.15, 0.2) is 0 Å². The molecule has 0 heterocycles. The number of hydrogen-bond acceptors (Lipinski definition) is 3. The van der Waals surface area contributed by atoms with Gasteiger partial charge in [-0.05, 0) is 37.5 Å². The van der Waals surface area contributed by atoms with E-state index in [1.807, 2.05) is 7.11 Å². The first-order chi connectivity index (χ1) is 7.86. The number of ether oxygens (including phenoxy) is 1. The van der Waals surface area contributed by atoms with E-state index in [1.165, 1.54) is 51.4 Å². The Bertz CT molecular complexity index is 200. The SMILES string of the molecule is COC(C1CCCCC1)C(NN)C1CCC1. The predicted molar refractivity (Wildman–Crippen MR) is 65.8 cm³/mol. The van der Waals surface area contributed by atoms with Gasteiger partial charge >= 0.3 is 0 Å². The molecule has 2 aliphatic carbocycles. The zero-order chi connectivity index (χ0) is 11.4. The fraction of sp³-hybridized carbons (Fsp3) is 1.00. The van der Waals surface area contributed by atoms with E-state index in [0.717, 1.165) is 11.8 Å². The third-order valence-electron chi connectivity index (χ3n) is 4.59. The van der Waals surface area contributed by atoms with Crippen molar-refractivity contribution in [2.75, 3.05) is 7.11 Å². The highest BCUT2D eigenvalue weighted by molar-refractivity contribution is 4.91. The molecule has 94 valence electrons. The first-order valence-corrected chi connectivity index (χ1v) is 6.85. The zero-order valence-corrected chi connectivity index (χ0v) is 10.5. The van der Waals surface area contributed by atoms with Gasteiger partial charge in [0, 0.05) is 7.11 Å². The standard InChI is InChI=1S/C13H26N2O/c1-16-13(11-6-3-2-4-7-11)12(15-14)10-8-5-9-10/h10-13,15H,2-9,14H2,1H3. The van der Waals surface area contributed by atoms with Crippen LogP contribution in [0.15, 0.2) is 0 Å². The number of hydrogen-bond donors (Lipinski definition) is 2. The third kappa shape index (κ3) is 2.58. The molecule has 0 radical (unpaired) electrons. The predicted octanol–water partition coefficient (Wildman–Crippen LogP) is 2.21. The van der Waals surface area contributed by atoms with Gasteiger partial charge in [0.2, 0.25) is 0 Å². The van der Waals surface area contributed by atoms with Gasteiger partial charge in [-0.1, -0.05) is 25.7 Å². The monoisotopic (exact) mass is 226 g/mol. The molecule has 0 bridgehead atoms. The van der Waals surface area contributed by atoms with Crippen LogP contribution in [0.5, 0.6) is 0 Å². The Hall–Kier alpha value is -0.120. The van der Waals surface area contributed by atoms with Crippen LogP contribution in [-0.4, -0.2) is 19.3 Å². The molecule has 0 aromatic rings. The van der Waals surface area contributed by atoms with Crippen molar-refractivity contribution < 1.29 is 4.74 Å². The van der Waals surface area contributed by atoms with E-state index in [0.29, 0.717) is 12.1 Å².